The minimum absolute atomic E-state index is 0.121. The summed E-state index contributed by atoms with van der Waals surface area (Å²) in [7, 11) is 0. The first kappa shape index (κ1) is 17.9. The number of carbonyl (C=O) groups excluding carboxylic acids is 1. The Kier molecular flexibility index (Phi) is 7.31. The third kappa shape index (κ3) is 5.33. The first-order chi connectivity index (χ1) is 10.5. The number of nitrogens with zero attached hydrogens (tertiary/aromatic N) is 1. The van der Waals surface area contributed by atoms with Crippen LogP contribution in [0.1, 0.15) is 32.3 Å². The summed E-state index contributed by atoms with van der Waals surface area (Å²) in [5, 5.41) is 11.1. The zero-order valence-electron chi connectivity index (χ0n) is 12.9. The highest BCUT2D eigenvalue weighted by Crippen LogP contribution is 2.28. The van der Waals surface area contributed by atoms with Gasteiger partial charge in [-0.1, -0.05) is 19.4 Å². The lowest BCUT2D eigenvalue weighted by Gasteiger charge is -2.11. The second kappa shape index (κ2) is 8.99. The lowest BCUT2D eigenvalue weighted by Crippen LogP contribution is -2.34. The molecular weight excluding hydrogens is 288 g/mol. The summed E-state index contributed by atoms with van der Waals surface area (Å²) in [6.45, 7) is 4.38. The van der Waals surface area contributed by atoms with E-state index in [1.807, 2.05) is 6.92 Å². The van der Waals surface area contributed by atoms with Gasteiger partial charge in [0.25, 0.3) is 0 Å². The molecule has 0 aliphatic heterocycles. The van der Waals surface area contributed by atoms with E-state index >= 15 is 0 Å². The first-order valence-corrected chi connectivity index (χ1v) is 7.31. The van der Waals surface area contributed by atoms with Crippen LogP contribution in [0.3, 0.4) is 0 Å². The summed E-state index contributed by atoms with van der Waals surface area (Å²) in [6.07, 6.45) is 1.95. The first-order valence-electron chi connectivity index (χ1n) is 7.31. The summed E-state index contributed by atoms with van der Waals surface area (Å²) in [4.78, 5) is 22.1. The van der Waals surface area contributed by atoms with Gasteiger partial charge < -0.3 is 15.2 Å². The maximum atomic E-state index is 11.5. The third-order valence-corrected chi connectivity index (χ3v) is 3.02. The molecule has 0 spiro atoms. The predicted octanol–water partition coefficient (Wildman–Crippen LogP) is 2.21. The van der Waals surface area contributed by atoms with E-state index in [9.17, 15) is 14.9 Å². The van der Waals surface area contributed by atoms with Crippen molar-refractivity contribution in [2.24, 2.45) is 5.73 Å². The van der Waals surface area contributed by atoms with Crippen molar-refractivity contribution in [3.05, 3.63) is 33.9 Å². The summed E-state index contributed by atoms with van der Waals surface area (Å²) < 4.78 is 10.2. The Balaban J connectivity index is 2.83. The Morgan fingerprint density at radius 2 is 2.14 bits per heavy atom. The molecule has 0 aromatic heterocycles. The highest BCUT2D eigenvalue weighted by molar-refractivity contribution is 5.76. The number of esters is 1. The molecule has 1 aromatic rings. The lowest BCUT2D eigenvalue weighted by atomic mass is 10.1. The van der Waals surface area contributed by atoms with Gasteiger partial charge in [-0.05, 0) is 31.4 Å². The molecule has 7 heteroatoms. The topological polar surface area (TPSA) is 105 Å². The number of carbonyl (C=O) groups is 1. The molecule has 2 N–H and O–H groups in total. The molecule has 0 aliphatic carbocycles. The normalized spacial score (nSPS) is 11.8. The van der Waals surface area contributed by atoms with Gasteiger partial charge in [-0.3, -0.25) is 14.9 Å². The number of hydrogen-bond acceptors (Lipinski definition) is 6. The molecule has 22 heavy (non-hydrogen) atoms. The van der Waals surface area contributed by atoms with E-state index < -0.39 is 16.9 Å². The van der Waals surface area contributed by atoms with Crippen molar-refractivity contribution in [1.29, 1.82) is 0 Å². The third-order valence-electron chi connectivity index (χ3n) is 3.02. The Labute approximate surface area is 129 Å². The van der Waals surface area contributed by atoms with Crippen LogP contribution in [-0.4, -0.2) is 30.1 Å². The molecule has 1 atom stereocenters. The SMILES string of the molecule is CCCCOc1ccc(CC(N)C(=O)OCC)cc1[N+](=O)[O-]. The van der Waals surface area contributed by atoms with Crippen molar-refractivity contribution in [1.82, 2.24) is 0 Å². The minimum Gasteiger partial charge on any atom is -0.487 e. The van der Waals surface area contributed by atoms with Crippen LogP contribution in [0.25, 0.3) is 0 Å². The second-order valence-electron chi connectivity index (χ2n) is 4.82. The number of nitro benzene ring substituents is 1. The summed E-state index contributed by atoms with van der Waals surface area (Å²) in [5.74, 6) is -0.291. The quantitative estimate of drug-likeness (QED) is 0.324. The maximum absolute atomic E-state index is 11.5. The monoisotopic (exact) mass is 310 g/mol. The molecule has 0 saturated carbocycles. The lowest BCUT2D eigenvalue weighted by molar-refractivity contribution is -0.385. The molecule has 0 fully saturated rings. The largest absolute Gasteiger partial charge is 0.487 e. The molecule has 1 aromatic carbocycles. The Hall–Kier alpha value is -2.15. The summed E-state index contributed by atoms with van der Waals surface area (Å²) in [5.41, 5.74) is 6.19. The van der Waals surface area contributed by atoms with Crippen molar-refractivity contribution in [2.45, 2.75) is 39.2 Å². The standard InChI is InChI=1S/C15H22N2O5/c1-3-5-8-22-14-7-6-11(10-13(14)17(19)20)9-12(16)15(18)21-4-2/h6-7,10,12H,3-5,8-9,16H2,1-2H3. The van der Waals surface area contributed by atoms with Crippen LogP contribution in [0.15, 0.2) is 18.2 Å². The van der Waals surface area contributed by atoms with E-state index in [-0.39, 0.29) is 24.5 Å². The van der Waals surface area contributed by atoms with Gasteiger partial charge in [-0.25, -0.2) is 0 Å². The fraction of sp³-hybridized carbons (Fsp3) is 0.533. The van der Waals surface area contributed by atoms with Gasteiger partial charge in [0.15, 0.2) is 5.75 Å². The molecular formula is C15H22N2O5. The number of nitro groups is 1. The minimum atomic E-state index is -0.841. The van der Waals surface area contributed by atoms with Gasteiger partial charge in [0.2, 0.25) is 0 Å². The second-order valence-corrected chi connectivity index (χ2v) is 4.82. The Morgan fingerprint density at radius 3 is 2.73 bits per heavy atom. The van der Waals surface area contributed by atoms with Crippen molar-refractivity contribution in [3.63, 3.8) is 0 Å². The van der Waals surface area contributed by atoms with Crippen molar-refractivity contribution in [2.75, 3.05) is 13.2 Å². The highest BCUT2D eigenvalue weighted by Gasteiger charge is 2.20. The number of benzene rings is 1. The molecule has 0 aliphatic rings. The summed E-state index contributed by atoms with van der Waals surface area (Å²) >= 11 is 0. The average Bonchev–Trinajstić information content (AvgIpc) is 2.48. The van der Waals surface area contributed by atoms with E-state index in [0.717, 1.165) is 12.8 Å². The van der Waals surface area contributed by atoms with Crippen molar-refractivity contribution in [3.8, 4) is 5.75 Å². The van der Waals surface area contributed by atoms with Gasteiger partial charge in [-0.2, -0.15) is 0 Å². The van der Waals surface area contributed by atoms with E-state index in [0.29, 0.717) is 12.2 Å². The van der Waals surface area contributed by atoms with E-state index in [4.69, 9.17) is 15.2 Å². The van der Waals surface area contributed by atoms with Gasteiger partial charge in [0.05, 0.1) is 18.1 Å². The van der Waals surface area contributed by atoms with Crippen LogP contribution in [0.5, 0.6) is 5.75 Å². The smallest absolute Gasteiger partial charge is 0.323 e. The molecule has 0 radical (unpaired) electrons. The van der Waals surface area contributed by atoms with Gasteiger partial charge in [-0.15, -0.1) is 0 Å². The Morgan fingerprint density at radius 1 is 1.41 bits per heavy atom. The highest BCUT2D eigenvalue weighted by atomic mass is 16.6. The molecule has 7 nitrogen and oxygen atoms in total. The van der Waals surface area contributed by atoms with Crippen LogP contribution >= 0.6 is 0 Å². The molecule has 122 valence electrons. The van der Waals surface area contributed by atoms with Crippen LogP contribution < -0.4 is 10.5 Å². The Bertz CT molecular complexity index is 519. The van der Waals surface area contributed by atoms with Gasteiger partial charge in [0.1, 0.15) is 6.04 Å². The maximum Gasteiger partial charge on any atom is 0.323 e. The fourth-order valence-electron chi connectivity index (χ4n) is 1.87. The number of unbranched alkanes of at least 4 members (excludes halogenated alkanes) is 1. The summed E-state index contributed by atoms with van der Waals surface area (Å²) in [6, 6.07) is 3.76. The van der Waals surface area contributed by atoms with Crippen molar-refractivity contribution < 1.29 is 19.2 Å². The predicted molar refractivity (Wildman–Crippen MR) is 81.8 cm³/mol. The van der Waals surface area contributed by atoms with E-state index in [1.54, 1.807) is 19.1 Å². The zero-order chi connectivity index (χ0) is 16.5. The molecule has 0 amide bonds. The van der Waals surface area contributed by atoms with E-state index in [2.05, 4.69) is 0 Å². The van der Waals surface area contributed by atoms with Crippen LogP contribution in [-0.2, 0) is 16.0 Å². The number of rotatable bonds is 9. The number of hydrogen-bond donors (Lipinski definition) is 1. The average molecular weight is 310 g/mol. The molecule has 0 heterocycles. The fourth-order valence-corrected chi connectivity index (χ4v) is 1.87. The number of ether oxygens (including phenoxy) is 2. The van der Waals surface area contributed by atoms with Gasteiger partial charge >= 0.3 is 11.7 Å². The van der Waals surface area contributed by atoms with Crippen molar-refractivity contribution >= 4 is 11.7 Å². The molecule has 1 rings (SSSR count). The molecule has 0 bridgehead atoms. The van der Waals surface area contributed by atoms with Crippen LogP contribution in [0.4, 0.5) is 5.69 Å². The van der Waals surface area contributed by atoms with E-state index in [1.165, 1.54) is 6.07 Å². The number of nitrogens with two attached hydrogens (primary N) is 1. The van der Waals surface area contributed by atoms with Crippen LogP contribution in [0, 0.1) is 10.1 Å². The molecule has 0 saturated heterocycles. The zero-order valence-corrected chi connectivity index (χ0v) is 12.9. The van der Waals surface area contributed by atoms with Crippen LogP contribution in [0.2, 0.25) is 0 Å². The van der Waals surface area contributed by atoms with Gasteiger partial charge in [0, 0.05) is 6.07 Å². The molecule has 1 unspecified atom stereocenters.